The third-order valence-corrected chi connectivity index (χ3v) is 3.26. The molecule has 0 amide bonds. The number of benzene rings is 1. The maximum atomic E-state index is 12.2. The Morgan fingerprint density at radius 1 is 1.31 bits per heavy atom. The minimum absolute atomic E-state index is 0.0885. The van der Waals surface area contributed by atoms with Gasteiger partial charge in [-0.3, -0.25) is 4.79 Å². The second-order valence-corrected chi connectivity index (χ2v) is 4.61. The first-order valence-electron chi connectivity index (χ1n) is 5.82. The van der Waals surface area contributed by atoms with Crippen LogP contribution in [0.1, 0.15) is 36.0 Å². The summed E-state index contributed by atoms with van der Waals surface area (Å²) in [6.07, 6.45) is 3.87. The van der Waals surface area contributed by atoms with Crippen molar-refractivity contribution < 1.29 is 4.79 Å². The van der Waals surface area contributed by atoms with Crippen LogP contribution in [0, 0.1) is 5.92 Å². The van der Waals surface area contributed by atoms with E-state index in [1.165, 1.54) is 0 Å². The maximum Gasteiger partial charge on any atom is 0.166 e. The Kier molecular flexibility index (Phi) is 3.25. The molecule has 0 heterocycles. The van der Waals surface area contributed by atoms with E-state index in [1.54, 1.807) is 12.1 Å². The molecule has 0 aromatic heterocycles. The zero-order valence-corrected chi connectivity index (χ0v) is 9.36. The molecule has 1 aromatic carbocycles. The molecule has 3 heteroatoms. The molecule has 2 unspecified atom stereocenters. The van der Waals surface area contributed by atoms with Crippen molar-refractivity contribution in [3.63, 3.8) is 0 Å². The first-order chi connectivity index (χ1) is 7.66. The molecule has 1 fully saturated rings. The summed E-state index contributed by atoms with van der Waals surface area (Å²) in [6.45, 7) is 0. The largest absolute Gasteiger partial charge is 0.399 e. The van der Waals surface area contributed by atoms with Crippen molar-refractivity contribution in [3.8, 4) is 0 Å². The van der Waals surface area contributed by atoms with Gasteiger partial charge in [0.2, 0.25) is 0 Å². The van der Waals surface area contributed by atoms with Crippen LogP contribution in [0.15, 0.2) is 24.3 Å². The SMILES string of the molecule is Nc1cccc(C(=O)C2CCCC(N)C2)c1. The first-order valence-corrected chi connectivity index (χ1v) is 5.82. The second-order valence-electron chi connectivity index (χ2n) is 4.61. The molecule has 3 nitrogen and oxygen atoms in total. The van der Waals surface area contributed by atoms with Gasteiger partial charge in [-0.15, -0.1) is 0 Å². The number of hydrogen-bond donors (Lipinski definition) is 2. The Morgan fingerprint density at radius 3 is 2.81 bits per heavy atom. The third kappa shape index (κ3) is 2.42. The minimum Gasteiger partial charge on any atom is -0.399 e. The number of anilines is 1. The fraction of sp³-hybridized carbons (Fsp3) is 0.462. The first kappa shape index (κ1) is 11.1. The van der Waals surface area contributed by atoms with Gasteiger partial charge in [0.05, 0.1) is 0 Å². The van der Waals surface area contributed by atoms with Gasteiger partial charge in [0, 0.05) is 23.2 Å². The fourth-order valence-electron chi connectivity index (χ4n) is 2.39. The zero-order chi connectivity index (χ0) is 11.5. The van der Waals surface area contributed by atoms with Gasteiger partial charge in [0.25, 0.3) is 0 Å². The lowest BCUT2D eigenvalue weighted by Crippen LogP contribution is -2.31. The van der Waals surface area contributed by atoms with Gasteiger partial charge >= 0.3 is 0 Å². The van der Waals surface area contributed by atoms with Crippen molar-refractivity contribution in [1.82, 2.24) is 0 Å². The number of carbonyl (C=O) groups excluding carboxylic acids is 1. The van der Waals surface area contributed by atoms with Crippen molar-refractivity contribution in [2.45, 2.75) is 31.7 Å². The number of carbonyl (C=O) groups is 1. The Hall–Kier alpha value is -1.35. The lowest BCUT2D eigenvalue weighted by Gasteiger charge is -2.25. The van der Waals surface area contributed by atoms with Gasteiger partial charge in [-0.2, -0.15) is 0 Å². The maximum absolute atomic E-state index is 12.2. The van der Waals surface area contributed by atoms with Crippen LogP contribution in [0.2, 0.25) is 0 Å². The molecule has 0 spiro atoms. The number of Topliss-reactive ketones (excluding diaryl/α,β-unsaturated/α-hetero) is 1. The van der Waals surface area contributed by atoms with Crippen LogP contribution >= 0.6 is 0 Å². The molecular weight excluding hydrogens is 200 g/mol. The van der Waals surface area contributed by atoms with Crippen molar-refractivity contribution >= 4 is 11.5 Å². The Bertz CT molecular complexity index is 389. The normalized spacial score (nSPS) is 25.3. The molecule has 1 aromatic rings. The Balaban J connectivity index is 2.12. The van der Waals surface area contributed by atoms with E-state index in [1.807, 2.05) is 12.1 Å². The quantitative estimate of drug-likeness (QED) is 0.589. The number of rotatable bonds is 2. The number of nitrogens with two attached hydrogens (primary N) is 2. The molecule has 1 aliphatic carbocycles. The summed E-state index contributed by atoms with van der Waals surface area (Å²) in [6, 6.07) is 7.39. The molecule has 1 aliphatic rings. The van der Waals surface area contributed by atoms with Crippen LogP contribution in [0.3, 0.4) is 0 Å². The van der Waals surface area contributed by atoms with E-state index in [4.69, 9.17) is 11.5 Å². The van der Waals surface area contributed by atoms with Gasteiger partial charge < -0.3 is 11.5 Å². The molecular formula is C13H18N2O. The van der Waals surface area contributed by atoms with E-state index in [0.29, 0.717) is 5.69 Å². The monoisotopic (exact) mass is 218 g/mol. The number of nitrogen functional groups attached to an aromatic ring is 1. The van der Waals surface area contributed by atoms with E-state index < -0.39 is 0 Å². The van der Waals surface area contributed by atoms with E-state index >= 15 is 0 Å². The molecule has 2 atom stereocenters. The van der Waals surface area contributed by atoms with Crippen LogP contribution < -0.4 is 11.5 Å². The average Bonchev–Trinajstić information content (AvgIpc) is 2.28. The molecule has 0 aliphatic heterocycles. The van der Waals surface area contributed by atoms with Gasteiger partial charge in [-0.1, -0.05) is 18.6 Å². The predicted octanol–water partition coefficient (Wildman–Crippen LogP) is 1.97. The second kappa shape index (κ2) is 4.66. The van der Waals surface area contributed by atoms with Gasteiger partial charge in [-0.25, -0.2) is 0 Å². The average molecular weight is 218 g/mol. The summed E-state index contributed by atoms with van der Waals surface area (Å²) in [5.41, 5.74) is 12.9. The molecule has 0 saturated heterocycles. The molecule has 16 heavy (non-hydrogen) atoms. The van der Waals surface area contributed by atoms with E-state index in [-0.39, 0.29) is 17.7 Å². The van der Waals surface area contributed by atoms with E-state index in [2.05, 4.69) is 0 Å². The third-order valence-electron chi connectivity index (χ3n) is 3.26. The van der Waals surface area contributed by atoms with Crippen LogP contribution in [-0.4, -0.2) is 11.8 Å². The highest BCUT2D eigenvalue weighted by atomic mass is 16.1. The highest BCUT2D eigenvalue weighted by Crippen LogP contribution is 2.26. The minimum atomic E-state index is 0.0885. The fourth-order valence-corrected chi connectivity index (χ4v) is 2.39. The summed E-state index contributed by atoms with van der Waals surface area (Å²) in [5, 5.41) is 0. The molecule has 2 rings (SSSR count). The van der Waals surface area contributed by atoms with Crippen molar-refractivity contribution in [2.24, 2.45) is 11.7 Å². The lowest BCUT2D eigenvalue weighted by atomic mass is 9.81. The smallest absolute Gasteiger partial charge is 0.166 e. The summed E-state index contributed by atoms with van der Waals surface area (Å²) >= 11 is 0. The molecule has 0 radical (unpaired) electrons. The van der Waals surface area contributed by atoms with Gasteiger partial charge in [0.1, 0.15) is 0 Å². The molecule has 0 bridgehead atoms. The van der Waals surface area contributed by atoms with E-state index in [0.717, 1.165) is 31.2 Å². The highest BCUT2D eigenvalue weighted by Gasteiger charge is 2.25. The van der Waals surface area contributed by atoms with Gasteiger partial charge in [0.15, 0.2) is 5.78 Å². The van der Waals surface area contributed by atoms with Crippen molar-refractivity contribution in [1.29, 1.82) is 0 Å². The summed E-state index contributed by atoms with van der Waals surface area (Å²) < 4.78 is 0. The van der Waals surface area contributed by atoms with Gasteiger partial charge in [-0.05, 0) is 31.4 Å². The number of hydrogen-bond acceptors (Lipinski definition) is 3. The Morgan fingerprint density at radius 2 is 2.12 bits per heavy atom. The number of ketones is 1. The summed E-state index contributed by atoms with van der Waals surface area (Å²) in [4.78, 5) is 12.2. The topological polar surface area (TPSA) is 69.1 Å². The van der Waals surface area contributed by atoms with Crippen LogP contribution in [0.25, 0.3) is 0 Å². The standard InChI is InChI=1S/C13H18N2O/c14-11-5-1-3-9(7-11)13(16)10-4-2-6-12(15)8-10/h1,3,5,7,10,12H,2,4,6,8,14-15H2. The summed E-state index contributed by atoms with van der Waals surface area (Å²) in [5.74, 6) is 0.285. The van der Waals surface area contributed by atoms with Crippen molar-refractivity contribution in [3.05, 3.63) is 29.8 Å². The molecule has 86 valence electrons. The van der Waals surface area contributed by atoms with Crippen LogP contribution in [0.5, 0.6) is 0 Å². The molecule has 4 N–H and O–H groups in total. The van der Waals surface area contributed by atoms with Crippen LogP contribution in [-0.2, 0) is 0 Å². The lowest BCUT2D eigenvalue weighted by molar-refractivity contribution is 0.0881. The predicted molar refractivity (Wildman–Crippen MR) is 65.1 cm³/mol. The zero-order valence-electron chi connectivity index (χ0n) is 9.36. The van der Waals surface area contributed by atoms with Crippen molar-refractivity contribution in [2.75, 3.05) is 5.73 Å². The highest BCUT2D eigenvalue weighted by molar-refractivity contribution is 5.98. The van der Waals surface area contributed by atoms with E-state index in [9.17, 15) is 4.79 Å². The summed E-state index contributed by atoms with van der Waals surface area (Å²) in [7, 11) is 0. The Labute approximate surface area is 95.8 Å². The molecule has 1 saturated carbocycles. The van der Waals surface area contributed by atoms with Crippen LogP contribution in [0.4, 0.5) is 5.69 Å².